The minimum Gasteiger partial charge on any atom is -0.361 e. The molecule has 1 saturated heterocycles. The summed E-state index contributed by atoms with van der Waals surface area (Å²) in [5.74, 6) is 0.978. The molecule has 0 spiro atoms. The zero-order valence-electron chi connectivity index (χ0n) is 13.4. The van der Waals surface area contributed by atoms with E-state index in [0.29, 0.717) is 6.54 Å². The molecule has 2 rings (SSSR count). The molecule has 0 radical (unpaired) electrons. The molecule has 2 N–H and O–H groups in total. The normalized spacial score (nSPS) is 16.6. The van der Waals surface area contributed by atoms with E-state index in [4.69, 9.17) is 10.3 Å². The number of halogens is 2. The van der Waals surface area contributed by atoms with E-state index in [1.54, 1.807) is 0 Å². The Hall–Kier alpha value is -0.820. The maximum atomic E-state index is 12.1. The lowest BCUT2D eigenvalue weighted by atomic mass is 10.1. The second-order valence-corrected chi connectivity index (χ2v) is 5.54. The van der Waals surface area contributed by atoms with Gasteiger partial charge >= 0.3 is 0 Å². The number of rotatable bonds is 4. The quantitative estimate of drug-likeness (QED) is 0.885. The zero-order chi connectivity index (χ0) is 14.7. The fourth-order valence-corrected chi connectivity index (χ4v) is 2.49. The minimum absolute atomic E-state index is 0. The molecule has 1 unspecified atom stereocenters. The van der Waals surface area contributed by atoms with Crippen LogP contribution in [0, 0.1) is 19.8 Å². The first-order chi connectivity index (χ1) is 9.52. The SMILES string of the molecule is Cc1noc(C)c1CN1CCN(C(=O)C(C)CN)CC1.Cl.Cl. The van der Waals surface area contributed by atoms with Crippen LogP contribution in [-0.4, -0.2) is 53.6 Å². The van der Waals surface area contributed by atoms with E-state index in [0.717, 1.165) is 44.2 Å². The van der Waals surface area contributed by atoms with Crippen molar-refractivity contribution in [2.45, 2.75) is 27.3 Å². The van der Waals surface area contributed by atoms with Gasteiger partial charge in [0, 0.05) is 50.7 Å². The molecular formula is C14H26Cl2N4O2. The van der Waals surface area contributed by atoms with Crippen LogP contribution in [0.1, 0.15) is 23.9 Å². The number of nitrogens with two attached hydrogens (primary N) is 1. The van der Waals surface area contributed by atoms with Crippen LogP contribution >= 0.6 is 24.8 Å². The van der Waals surface area contributed by atoms with Crippen molar-refractivity contribution in [3.05, 3.63) is 17.0 Å². The van der Waals surface area contributed by atoms with Gasteiger partial charge in [-0.25, -0.2) is 0 Å². The van der Waals surface area contributed by atoms with Crippen molar-refractivity contribution < 1.29 is 9.32 Å². The Morgan fingerprint density at radius 2 is 1.86 bits per heavy atom. The molecule has 1 aliphatic heterocycles. The number of carbonyl (C=O) groups excluding carboxylic acids is 1. The van der Waals surface area contributed by atoms with Crippen LogP contribution in [0.15, 0.2) is 4.52 Å². The second-order valence-electron chi connectivity index (χ2n) is 5.54. The Balaban J connectivity index is 0.00000220. The van der Waals surface area contributed by atoms with E-state index in [1.807, 2.05) is 25.7 Å². The van der Waals surface area contributed by atoms with Crippen LogP contribution in [0.25, 0.3) is 0 Å². The maximum absolute atomic E-state index is 12.1. The van der Waals surface area contributed by atoms with Crippen molar-refractivity contribution in [1.82, 2.24) is 15.0 Å². The number of nitrogens with zero attached hydrogens (tertiary/aromatic N) is 3. The molecule has 6 nitrogen and oxygen atoms in total. The third kappa shape index (κ3) is 4.84. The Labute approximate surface area is 144 Å². The molecular weight excluding hydrogens is 327 g/mol. The largest absolute Gasteiger partial charge is 0.361 e. The average Bonchev–Trinajstić information content (AvgIpc) is 2.78. The summed E-state index contributed by atoms with van der Waals surface area (Å²) in [6.45, 7) is 10.4. The van der Waals surface area contributed by atoms with E-state index in [9.17, 15) is 4.79 Å². The number of hydrogen-bond acceptors (Lipinski definition) is 5. The standard InChI is InChI=1S/C14H24N4O2.2ClH/c1-10(8-15)14(19)18-6-4-17(5-7-18)9-13-11(2)16-20-12(13)3;;/h10H,4-9,15H2,1-3H3;2*1H. The summed E-state index contributed by atoms with van der Waals surface area (Å²) < 4.78 is 5.19. The first-order valence-corrected chi connectivity index (χ1v) is 7.16. The number of aryl methyl sites for hydroxylation is 2. The molecule has 1 aromatic rings. The molecule has 0 saturated carbocycles. The summed E-state index contributed by atoms with van der Waals surface area (Å²) in [5.41, 5.74) is 7.68. The monoisotopic (exact) mass is 352 g/mol. The van der Waals surface area contributed by atoms with Crippen LogP contribution in [0.5, 0.6) is 0 Å². The van der Waals surface area contributed by atoms with Crippen molar-refractivity contribution in [2.75, 3.05) is 32.7 Å². The van der Waals surface area contributed by atoms with Crippen molar-refractivity contribution in [3.8, 4) is 0 Å². The van der Waals surface area contributed by atoms with Gasteiger partial charge in [0.25, 0.3) is 0 Å². The molecule has 0 bridgehead atoms. The highest BCUT2D eigenvalue weighted by Crippen LogP contribution is 2.16. The van der Waals surface area contributed by atoms with Gasteiger partial charge in [0.1, 0.15) is 5.76 Å². The van der Waals surface area contributed by atoms with E-state index in [-0.39, 0.29) is 36.6 Å². The van der Waals surface area contributed by atoms with Gasteiger partial charge < -0.3 is 15.2 Å². The summed E-state index contributed by atoms with van der Waals surface area (Å²) in [4.78, 5) is 16.3. The van der Waals surface area contributed by atoms with Crippen LogP contribution in [0.4, 0.5) is 0 Å². The highest BCUT2D eigenvalue weighted by molar-refractivity contribution is 5.85. The first kappa shape index (κ1) is 21.2. The average molecular weight is 353 g/mol. The highest BCUT2D eigenvalue weighted by Gasteiger charge is 2.25. The van der Waals surface area contributed by atoms with E-state index in [1.165, 1.54) is 5.56 Å². The van der Waals surface area contributed by atoms with E-state index in [2.05, 4.69) is 10.1 Å². The van der Waals surface area contributed by atoms with Crippen molar-refractivity contribution in [3.63, 3.8) is 0 Å². The summed E-state index contributed by atoms with van der Waals surface area (Å²) in [6, 6.07) is 0. The summed E-state index contributed by atoms with van der Waals surface area (Å²) >= 11 is 0. The topological polar surface area (TPSA) is 75.6 Å². The van der Waals surface area contributed by atoms with Crippen molar-refractivity contribution in [2.24, 2.45) is 11.7 Å². The maximum Gasteiger partial charge on any atom is 0.226 e. The fraction of sp³-hybridized carbons (Fsp3) is 0.714. The van der Waals surface area contributed by atoms with Gasteiger partial charge in [-0.05, 0) is 13.8 Å². The van der Waals surface area contributed by atoms with Gasteiger partial charge in [0.05, 0.1) is 5.69 Å². The molecule has 22 heavy (non-hydrogen) atoms. The lowest BCUT2D eigenvalue weighted by Crippen LogP contribution is -2.50. The zero-order valence-corrected chi connectivity index (χ0v) is 15.0. The molecule has 1 aromatic heterocycles. The Kier molecular flexibility index (Phi) is 9.00. The number of hydrogen-bond donors (Lipinski definition) is 1. The summed E-state index contributed by atoms with van der Waals surface area (Å²) in [5, 5.41) is 3.98. The van der Waals surface area contributed by atoms with Gasteiger partial charge in [-0.1, -0.05) is 12.1 Å². The molecule has 1 aliphatic rings. The van der Waals surface area contributed by atoms with Gasteiger partial charge in [-0.15, -0.1) is 24.8 Å². The van der Waals surface area contributed by atoms with Crippen LogP contribution in [-0.2, 0) is 11.3 Å². The number of amides is 1. The van der Waals surface area contributed by atoms with Crippen LogP contribution < -0.4 is 5.73 Å². The van der Waals surface area contributed by atoms with E-state index >= 15 is 0 Å². The summed E-state index contributed by atoms with van der Waals surface area (Å²) in [6.07, 6.45) is 0. The smallest absolute Gasteiger partial charge is 0.226 e. The summed E-state index contributed by atoms with van der Waals surface area (Å²) in [7, 11) is 0. The lowest BCUT2D eigenvalue weighted by molar-refractivity contribution is -0.136. The Morgan fingerprint density at radius 1 is 1.27 bits per heavy atom. The minimum atomic E-state index is -0.0795. The van der Waals surface area contributed by atoms with E-state index < -0.39 is 0 Å². The first-order valence-electron chi connectivity index (χ1n) is 7.16. The van der Waals surface area contributed by atoms with Crippen LogP contribution in [0.2, 0.25) is 0 Å². The molecule has 2 heterocycles. The Morgan fingerprint density at radius 3 is 2.32 bits per heavy atom. The molecule has 1 amide bonds. The molecule has 128 valence electrons. The van der Waals surface area contributed by atoms with Crippen LogP contribution in [0.3, 0.4) is 0 Å². The predicted molar refractivity (Wildman–Crippen MR) is 90.5 cm³/mol. The third-order valence-corrected chi connectivity index (χ3v) is 4.02. The van der Waals surface area contributed by atoms with Gasteiger partial charge in [-0.3, -0.25) is 9.69 Å². The third-order valence-electron chi connectivity index (χ3n) is 4.02. The van der Waals surface area contributed by atoms with Gasteiger partial charge in [-0.2, -0.15) is 0 Å². The molecule has 1 atom stereocenters. The van der Waals surface area contributed by atoms with Gasteiger partial charge in [0.2, 0.25) is 5.91 Å². The molecule has 1 fully saturated rings. The fourth-order valence-electron chi connectivity index (χ4n) is 2.49. The molecule has 8 heteroatoms. The second kappa shape index (κ2) is 9.35. The van der Waals surface area contributed by atoms with Crippen molar-refractivity contribution in [1.29, 1.82) is 0 Å². The Bertz CT molecular complexity index is 454. The molecule has 0 aromatic carbocycles. The van der Waals surface area contributed by atoms with Gasteiger partial charge in [0.15, 0.2) is 0 Å². The number of piperazine rings is 1. The van der Waals surface area contributed by atoms with Crippen molar-refractivity contribution >= 4 is 30.7 Å². The number of aromatic nitrogens is 1. The lowest BCUT2D eigenvalue weighted by Gasteiger charge is -2.35. The highest BCUT2D eigenvalue weighted by atomic mass is 35.5. The predicted octanol–water partition coefficient (Wildman–Crippen LogP) is 1.37. The molecule has 0 aliphatic carbocycles. The number of carbonyl (C=O) groups is 1.